The number of furan rings is 1. The van der Waals surface area contributed by atoms with Gasteiger partial charge in [-0.1, -0.05) is 18.2 Å². The third-order valence-electron chi connectivity index (χ3n) is 5.18. The van der Waals surface area contributed by atoms with Gasteiger partial charge in [-0.15, -0.1) is 11.3 Å². The Labute approximate surface area is 190 Å². The van der Waals surface area contributed by atoms with E-state index >= 15 is 0 Å². The number of rotatable bonds is 6. The summed E-state index contributed by atoms with van der Waals surface area (Å²) in [6, 6.07) is 14.1. The minimum absolute atomic E-state index is 0.0312. The molecule has 0 atom stereocenters. The lowest BCUT2D eigenvalue weighted by atomic mass is 10.2. The minimum Gasteiger partial charge on any atom is -0.495 e. The monoisotopic (exact) mass is 462 g/mol. The average Bonchev–Trinajstić information content (AvgIpc) is 3.48. The second-order valence-electron chi connectivity index (χ2n) is 7.25. The molecule has 1 N–H and O–H groups in total. The fourth-order valence-corrected chi connectivity index (χ4v) is 4.80. The number of methoxy groups -OCH3 is 1. The van der Waals surface area contributed by atoms with Gasteiger partial charge >= 0.3 is 5.69 Å². The maximum atomic E-state index is 13.4. The van der Waals surface area contributed by atoms with Crippen molar-refractivity contribution in [3.05, 3.63) is 87.6 Å². The molecule has 10 heteroatoms. The zero-order chi connectivity index (χ0) is 22.9. The molecular formula is C23H18N4O5S. The van der Waals surface area contributed by atoms with Crippen LogP contribution in [0.15, 0.2) is 75.0 Å². The van der Waals surface area contributed by atoms with E-state index in [1.165, 1.54) is 35.5 Å². The normalized spacial score (nSPS) is 11.2. The molecule has 0 aliphatic carbocycles. The molecule has 0 unspecified atom stereocenters. The van der Waals surface area contributed by atoms with Gasteiger partial charge in [0.05, 0.1) is 31.6 Å². The van der Waals surface area contributed by atoms with Gasteiger partial charge in [-0.05, 0) is 30.3 Å². The summed E-state index contributed by atoms with van der Waals surface area (Å²) in [5.74, 6) is 0.896. The molecule has 166 valence electrons. The molecule has 0 saturated heterocycles. The summed E-state index contributed by atoms with van der Waals surface area (Å²) in [5.41, 5.74) is -0.564. The molecule has 5 aromatic rings. The molecule has 5 rings (SSSR count). The number of fused-ring (bicyclic) bond motifs is 3. The van der Waals surface area contributed by atoms with Crippen molar-refractivity contribution < 1.29 is 13.9 Å². The average molecular weight is 462 g/mol. The first-order valence-corrected chi connectivity index (χ1v) is 10.8. The van der Waals surface area contributed by atoms with E-state index in [0.29, 0.717) is 27.5 Å². The minimum atomic E-state index is -0.592. The van der Waals surface area contributed by atoms with Crippen LogP contribution in [-0.2, 0) is 17.9 Å². The van der Waals surface area contributed by atoms with E-state index in [1.54, 1.807) is 24.3 Å². The molecule has 0 bridgehead atoms. The predicted molar refractivity (Wildman–Crippen MR) is 125 cm³/mol. The van der Waals surface area contributed by atoms with Gasteiger partial charge in [0.1, 0.15) is 28.6 Å². The molecule has 0 aliphatic heterocycles. The highest BCUT2D eigenvalue weighted by atomic mass is 32.1. The van der Waals surface area contributed by atoms with Gasteiger partial charge in [0.15, 0.2) is 0 Å². The molecule has 33 heavy (non-hydrogen) atoms. The first-order chi connectivity index (χ1) is 16.0. The molecule has 1 amide bonds. The number of thiophene rings is 1. The Balaban J connectivity index is 1.61. The first-order valence-electron chi connectivity index (χ1n) is 10.0. The van der Waals surface area contributed by atoms with Crippen LogP contribution in [0, 0.1) is 0 Å². The SMILES string of the molecule is COc1ccc(NC(=O)Cn2c(=O)n(Cc3ccco3)c(=O)c3sc4ccccc4c32)nc1. The zero-order valence-corrected chi connectivity index (χ0v) is 18.3. The van der Waals surface area contributed by atoms with E-state index in [9.17, 15) is 14.4 Å². The van der Waals surface area contributed by atoms with Crippen molar-refractivity contribution in [2.45, 2.75) is 13.1 Å². The number of anilines is 1. The van der Waals surface area contributed by atoms with Crippen molar-refractivity contribution in [2.24, 2.45) is 0 Å². The van der Waals surface area contributed by atoms with Crippen LogP contribution in [-0.4, -0.2) is 27.1 Å². The van der Waals surface area contributed by atoms with E-state index in [1.807, 2.05) is 24.3 Å². The van der Waals surface area contributed by atoms with Crippen molar-refractivity contribution in [3.63, 3.8) is 0 Å². The van der Waals surface area contributed by atoms with Crippen LogP contribution in [0.2, 0.25) is 0 Å². The highest BCUT2D eigenvalue weighted by Gasteiger charge is 2.20. The highest BCUT2D eigenvalue weighted by Crippen LogP contribution is 2.30. The van der Waals surface area contributed by atoms with E-state index < -0.39 is 17.2 Å². The lowest BCUT2D eigenvalue weighted by molar-refractivity contribution is -0.116. The summed E-state index contributed by atoms with van der Waals surface area (Å²) in [6.07, 6.45) is 2.96. The number of hydrogen-bond acceptors (Lipinski definition) is 7. The number of amides is 1. The first kappa shape index (κ1) is 20.7. The van der Waals surface area contributed by atoms with Crippen molar-refractivity contribution >= 4 is 43.4 Å². The van der Waals surface area contributed by atoms with Crippen molar-refractivity contribution in [1.82, 2.24) is 14.1 Å². The number of carbonyl (C=O) groups excluding carboxylic acids is 1. The molecular weight excluding hydrogens is 444 g/mol. The van der Waals surface area contributed by atoms with Gasteiger partial charge < -0.3 is 14.5 Å². The summed E-state index contributed by atoms with van der Waals surface area (Å²) in [6.45, 7) is -0.321. The second-order valence-corrected chi connectivity index (χ2v) is 8.30. The fourth-order valence-electron chi connectivity index (χ4n) is 3.64. The summed E-state index contributed by atoms with van der Waals surface area (Å²) in [5, 5.41) is 3.43. The van der Waals surface area contributed by atoms with Crippen LogP contribution in [0.25, 0.3) is 20.3 Å². The van der Waals surface area contributed by atoms with Gasteiger partial charge in [-0.2, -0.15) is 0 Å². The topological polar surface area (TPSA) is 108 Å². The van der Waals surface area contributed by atoms with Crippen molar-refractivity contribution in [2.75, 3.05) is 12.4 Å². The van der Waals surface area contributed by atoms with E-state index in [0.717, 1.165) is 14.7 Å². The van der Waals surface area contributed by atoms with Crippen molar-refractivity contribution in [3.8, 4) is 5.75 Å². The third kappa shape index (κ3) is 3.80. The van der Waals surface area contributed by atoms with Crippen LogP contribution >= 0.6 is 11.3 Å². The number of aromatic nitrogens is 3. The Hall–Kier alpha value is -4.18. The molecule has 4 aromatic heterocycles. The number of pyridine rings is 1. The van der Waals surface area contributed by atoms with Crippen molar-refractivity contribution in [1.29, 1.82) is 0 Å². The van der Waals surface area contributed by atoms with Crippen LogP contribution in [0.3, 0.4) is 0 Å². The Morgan fingerprint density at radius 3 is 2.70 bits per heavy atom. The molecule has 0 fully saturated rings. The lowest BCUT2D eigenvalue weighted by Gasteiger charge is -2.12. The smallest absolute Gasteiger partial charge is 0.332 e. The summed E-state index contributed by atoms with van der Waals surface area (Å²) < 4.78 is 14.1. The van der Waals surface area contributed by atoms with Crippen LogP contribution in [0.5, 0.6) is 5.75 Å². The number of nitrogens with zero attached hydrogens (tertiary/aromatic N) is 3. The van der Waals surface area contributed by atoms with Gasteiger partial charge in [0.25, 0.3) is 5.56 Å². The van der Waals surface area contributed by atoms with Gasteiger partial charge in [-0.3, -0.25) is 18.7 Å². The van der Waals surface area contributed by atoms with Gasteiger partial charge in [0.2, 0.25) is 5.91 Å². The molecule has 1 aromatic carbocycles. The predicted octanol–water partition coefficient (Wildman–Crippen LogP) is 3.06. The summed E-state index contributed by atoms with van der Waals surface area (Å²) >= 11 is 1.29. The standard InChI is InChI=1S/C23H18N4O5S/c1-31-14-8-9-18(24-11-14)25-19(28)13-26-20-16-6-2-3-7-17(16)33-21(20)22(29)27(23(26)30)12-15-5-4-10-32-15/h2-11H,12-13H2,1H3,(H,24,25,28). The van der Waals surface area contributed by atoms with Gasteiger partial charge in [-0.25, -0.2) is 9.78 Å². The Bertz CT molecular complexity index is 1580. The van der Waals surface area contributed by atoms with E-state index in [4.69, 9.17) is 9.15 Å². The summed E-state index contributed by atoms with van der Waals surface area (Å²) in [4.78, 5) is 43.6. The Morgan fingerprint density at radius 1 is 1.12 bits per heavy atom. The zero-order valence-electron chi connectivity index (χ0n) is 17.5. The Morgan fingerprint density at radius 2 is 1.97 bits per heavy atom. The molecule has 0 radical (unpaired) electrons. The van der Waals surface area contributed by atoms with Crippen LogP contribution in [0.1, 0.15) is 5.76 Å². The molecule has 4 heterocycles. The quantitative estimate of drug-likeness (QED) is 0.416. The Kier molecular flexibility index (Phi) is 5.27. The van der Waals surface area contributed by atoms with Crippen LogP contribution < -0.4 is 21.3 Å². The molecule has 9 nitrogen and oxygen atoms in total. The molecule has 0 spiro atoms. The van der Waals surface area contributed by atoms with Gasteiger partial charge in [0, 0.05) is 10.1 Å². The third-order valence-corrected chi connectivity index (χ3v) is 6.32. The summed E-state index contributed by atoms with van der Waals surface area (Å²) in [7, 11) is 1.52. The maximum Gasteiger partial charge on any atom is 0.332 e. The number of ether oxygens (including phenoxy) is 1. The maximum absolute atomic E-state index is 13.4. The highest BCUT2D eigenvalue weighted by molar-refractivity contribution is 7.25. The van der Waals surface area contributed by atoms with E-state index in [-0.39, 0.29) is 13.1 Å². The fraction of sp³-hybridized carbons (Fsp3) is 0.130. The number of carbonyl (C=O) groups is 1. The number of hydrogen-bond donors (Lipinski definition) is 1. The largest absolute Gasteiger partial charge is 0.495 e. The van der Waals surface area contributed by atoms with E-state index in [2.05, 4.69) is 10.3 Å². The number of benzene rings is 1. The molecule has 0 aliphatic rings. The second kappa shape index (κ2) is 8.40. The molecule has 0 saturated carbocycles. The van der Waals surface area contributed by atoms with Crippen LogP contribution in [0.4, 0.5) is 5.82 Å². The lowest BCUT2D eigenvalue weighted by Crippen LogP contribution is -2.41. The number of nitrogens with one attached hydrogen (secondary N) is 1.